The van der Waals surface area contributed by atoms with E-state index in [2.05, 4.69) is 10.1 Å². The third-order valence-corrected chi connectivity index (χ3v) is 5.17. The van der Waals surface area contributed by atoms with E-state index >= 15 is 0 Å². The lowest BCUT2D eigenvalue weighted by atomic mass is 9.90. The summed E-state index contributed by atoms with van der Waals surface area (Å²) in [7, 11) is 0. The first-order valence-electron chi connectivity index (χ1n) is 7.18. The molecule has 0 saturated carbocycles. The molecule has 6 nitrogen and oxygen atoms in total. The third-order valence-electron chi connectivity index (χ3n) is 3.69. The second kappa shape index (κ2) is 7.87. The van der Waals surface area contributed by atoms with E-state index in [0.29, 0.717) is 0 Å². The Labute approximate surface area is 138 Å². The van der Waals surface area contributed by atoms with Crippen LogP contribution in [-0.4, -0.2) is 53.8 Å². The topological polar surface area (TPSA) is 91.4 Å². The molecule has 1 aromatic heterocycles. The van der Waals surface area contributed by atoms with Gasteiger partial charge in [-0.3, -0.25) is 0 Å². The molecule has 0 aliphatic carbocycles. The molecule has 0 amide bonds. The molecule has 0 radical (unpaired) electrons. The summed E-state index contributed by atoms with van der Waals surface area (Å²) in [4.78, 5) is 3.84. The number of rotatable bonds is 8. The Balaban J connectivity index is 2.36. The highest BCUT2D eigenvalue weighted by molar-refractivity contribution is 8.00. The fourth-order valence-electron chi connectivity index (χ4n) is 2.35. The summed E-state index contributed by atoms with van der Waals surface area (Å²) in [5, 5.41) is 32.8. The summed E-state index contributed by atoms with van der Waals surface area (Å²) >= 11 is 1.20. The average molecular weight is 341 g/mol. The number of hydrogen-bond acceptors (Lipinski definition) is 6. The molecular weight excluding hydrogens is 321 g/mol. The van der Waals surface area contributed by atoms with Crippen molar-refractivity contribution in [3.05, 3.63) is 48.3 Å². The van der Waals surface area contributed by atoms with Crippen molar-refractivity contribution in [2.75, 3.05) is 13.2 Å². The Morgan fingerprint density at radius 3 is 2.57 bits per heavy atom. The van der Waals surface area contributed by atoms with Gasteiger partial charge in [-0.2, -0.15) is 5.10 Å². The van der Waals surface area contributed by atoms with E-state index in [0.717, 1.165) is 0 Å². The van der Waals surface area contributed by atoms with Crippen molar-refractivity contribution in [3.63, 3.8) is 0 Å². The first kappa shape index (κ1) is 17.9. The van der Waals surface area contributed by atoms with Crippen molar-refractivity contribution in [1.29, 1.82) is 0 Å². The number of thioether (sulfide) groups is 1. The molecule has 126 valence electrons. The summed E-state index contributed by atoms with van der Waals surface area (Å²) in [6.07, 6.45) is 2.78. The van der Waals surface area contributed by atoms with Crippen LogP contribution in [0.4, 0.5) is 4.39 Å². The van der Waals surface area contributed by atoms with Crippen LogP contribution in [0.15, 0.2) is 36.9 Å². The van der Waals surface area contributed by atoms with Gasteiger partial charge in [-0.05, 0) is 6.07 Å². The highest BCUT2D eigenvalue weighted by atomic mass is 32.2. The largest absolute Gasteiger partial charge is 0.395 e. The maximum Gasteiger partial charge on any atom is 0.137 e. The van der Waals surface area contributed by atoms with E-state index in [1.807, 2.05) is 0 Å². The molecule has 23 heavy (non-hydrogen) atoms. The van der Waals surface area contributed by atoms with Gasteiger partial charge in [0, 0.05) is 10.8 Å². The molecule has 0 unspecified atom stereocenters. The lowest BCUT2D eigenvalue weighted by Gasteiger charge is -2.35. The van der Waals surface area contributed by atoms with Gasteiger partial charge in [-0.25, -0.2) is 14.1 Å². The molecule has 0 spiro atoms. The lowest BCUT2D eigenvalue weighted by molar-refractivity contribution is 0.0131. The molecule has 0 bridgehead atoms. The smallest absolute Gasteiger partial charge is 0.137 e. The van der Waals surface area contributed by atoms with Crippen LogP contribution in [-0.2, 0) is 12.1 Å². The van der Waals surface area contributed by atoms with E-state index < -0.39 is 21.9 Å². The number of aliphatic hydroxyl groups is 3. The third kappa shape index (κ3) is 4.08. The number of halogens is 1. The molecule has 2 aromatic rings. The van der Waals surface area contributed by atoms with Crippen LogP contribution in [0.2, 0.25) is 0 Å². The fraction of sp³-hybridized carbons (Fsp3) is 0.467. The van der Waals surface area contributed by atoms with Crippen molar-refractivity contribution >= 4 is 11.8 Å². The highest BCUT2D eigenvalue weighted by Crippen LogP contribution is 2.37. The highest BCUT2D eigenvalue weighted by Gasteiger charge is 2.40. The molecule has 2 rings (SSSR count). The zero-order valence-electron chi connectivity index (χ0n) is 12.7. The maximum atomic E-state index is 14.3. The van der Waals surface area contributed by atoms with Gasteiger partial charge >= 0.3 is 0 Å². The monoisotopic (exact) mass is 341 g/mol. The molecule has 0 aliphatic rings. The summed E-state index contributed by atoms with van der Waals surface area (Å²) in [6.45, 7) is 1.27. The minimum atomic E-state index is -1.58. The standard InChI is InChI=1S/C15H20FN3O3S/c1-11(23-12(6-20)7-21)15(22,8-19-10-17-9-18-19)13-4-2-3-5-14(13)16/h2-5,9-12,20-22H,6-8H2,1H3/t11-,15-/m1/s1. The molecule has 0 fully saturated rings. The first-order chi connectivity index (χ1) is 11.0. The van der Waals surface area contributed by atoms with Gasteiger partial charge in [0.2, 0.25) is 0 Å². The predicted octanol–water partition coefficient (Wildman–Crippen LogP) is 0.780. The van der Waals surface area contributed by atoms with Gasteiger partial charge in [-0.1, -0.05) is 25.1 Å². The zero-order valence-corrected chi connectivity index (χ0v) is 13.5. The van der Waals surface area contributed by atoms with Gasteiger partial charge in [0.1, 0.15) is 24.1 Å². The molecule has 2 atom stereocenters. The molecule has 0 saturated heterocycles. The van der Waals surface area contributed by atoms with Crippen molar-refractivity contribution in [2.45, 2.75) is 29.6 Å². The second-order valence-corrected chi connectivity index (χ2v) is 6.91. The van der Waals surface area contributed by atoms with Gasteiger partial charge in [0.05, 0.1) is 25.0 Å². The zero-order chi connectivity index (χ0) is 16.9. The van der Waals surface area contributed by atoms with Gasteiger partial charge in [0.15, 0.2) is 0 Å². The molecule has 1 heterocycles. The molecule has 0 aliphatic heterocycles. The number of aromatic nitrogens is 3. The van der Waals surface area contributed by atoms with E-state index in [1.165, 1.54) is 41.2 Å². The van der Waals surface area contributed by atoms with E-state index in [-0.39, 0.29) is 25.3 Å². The van der Waals surface area contributed by atoms with Gasteiger partial charge < -0.3 is 15.3 Å². The molecule has 1 aromatic carbocycles. The average Bonchev–Trinajstić information content (AvgIpc) is 3.05. The lowest BCUT2D eigenvalue weighted by Crippen LogP contribution is -2.42. The van der Waals surface area contributed by atoms with E-state index in [1.54, 1.807) is 19.1 Å². The number of aliphatic hydroxyl groups excluding tert-OH is 2. The summed E-state index contributed by atoms with van der Waals surface area (Å²) < 4.78 is 15.7. The Hall–Kier alpha value is -1.48. The number of hydrogen-bond donors (Lipinski definition) is 3. The maximum absolute atomic E-state index is 14.3. The van der Waals surface area contributed by atoms with Crippen LogP contribution in [0.3, 0.4) is 0 Å². The van der Waals surface area contributed by atoms with Crippen LogP contribution in [0.25, 0.3) is 0 Å². The van der Waals surface area contributed by atoms with Crippen molar-refractivity contribution < 1.29 is 19.7 Å². The summed E-state index contributed by atoms with van der Waals surface area (Å²) in [5.74, 6) is -0.521. The van der Waals surface area contributed by atoms with Crippen LogP contribution in [0, 0.1) is 5.82 Å². The van der Waals surface area contributed by atoms with Gasteiger partial charge in [0.25, 0.3) is 0 Å². The van der Waals surface area contributed by atoms with Gasteiger partial charge in [-0.15, -0.1) is 11.8 Å². The molecule has 3 N–H and O–H groups in total. The normalized spacial score (nSPS) is 15.6. The van der Waals surface area contributed by atoms with Crippen molar-refractivity contribution in [3.8, 4) is 0 Å². The SMILES string of the molecule is C[C@@H](SC(CO)CO)[C@](O)(Cn1cncn1)c1ccccc1F. The van der Waals surface area contributed by atoms with Crippen LogP contribution in [0.5, 0.6) is 0 Å². The van der Waals surface area contributed by atoms with E-state index in [9.17, 15) is 19.7 Å². The first-order valence-corrected chi connectivity index (χ1v) is 8.12. The Morgan fingerprint density at radius 1 is 1.30 bits per heavy atom. The minimum absolute atomic E-state index is 0.00563. The second-order valence-electron chi connectivity index (χ2n) is 5.26. The van der Waals surface area contributed by atoms with Crippen molar-refractivity contribution in [1.82, 2.24) is 14.8 Å². The van der Waals surface area contributed by atoms with Crippen LogP contribution >= 0.6 is 11.8 Å². The summed E-state index contributed by atoms with van der Waals surface area (Å²) in [5.41, 5.74) is -1.43. The summed E-state index contributed by atoms with van der Waals surface area (Å²) in [6, 6.07) is 6.01. The Kier molecular flexibility index (Phi) is 6.11. The molecular formula is C15H20FN3O3S. The minimum Gasteiger partial charge on any atom is -0.395 e. The van der Waals surface area contributed by atoms with Crippen LogP contribution < -0.4 is 0 Å². The van der Waals surface area contributed by atoms with Crippen LogP contribution in [0.1, 0.15) is 12.5 Å². The predicted molar refractivity (Wildman–Crippen MR) is 85.3 cm³/mol. The quantitative estimate of drug-likeness (QED) is 0.657. The fourth-order valence-corrected chi connectivity index (χ4v) is 3.53. The van der Waals surface area contributed by atoms with Crippen molar-refractivity contribution in [2.24, 2.45) is 0 Å². The Morgan fingerprint density at radius 2 is 2.00 bits per heavy atom. The van der Waals surface area contributed by atoms with E-state index in [4.69, 9.17) is 0 Å². The number of nitrogens with zero attached hydrogens (tertiary/aromatic N) is 3. The Bertz CT molecular complexity index is 610. The molecule has 8 heteroatoms. The number of benzene rings is 1.